The van der Waals surface area contributed by atoms with Gasteiger partial charge in [-0.1, -0.05) is 6.07 Å². The van der Waals surface area contributed by atoms with Gasteiger partial charge in [-0.3, -0.25) is 9.78 Å². The largest absolute Gasteiger partial charge is 0.365 e. The van der Waals surface area contributed by atoms with Crippen molar-refractivity contribution in [3.63, 3.8) is 0 Å². The molecule has 100 valence electrons. The van der Waals surface area contributed by atoms with Crippen LogP contribution in [0.4, 0.5) is 5.82 Å². The van der Waals surface area contributed by atoms with Crippen molar-refractivity contribution in [2.24, 2.45) is 5.73 Å². The second kappa shape index (κ2) is 4.96. The highest BCUT2D eigenvalue weighted by Crippen LogP contribution is 2.14. The molecule has 0 aliphatic heterocycles. The van der Waals surface area contributed by atoms with Crippen molar-refractivity contribution in [1.29, 1.82) is 0 Å². The average molecular weight is 268 g/mol. The second-order valence-electron chi connectivity index (χ2n) is 4.17. The number of primary amides is 1. The van der Waals surface area contributed by atoms with E-state index in [1.54, 1.807) is 22.8 Å². The van der Waals surface area contributed by atoms with E-state index in [1.165, 1.54) is 6.33 Å². The van der Waals surface area contributed by atoms with Crippen LogP contribution in [0, 0.1) is 0 Å². The molecule has 0 radical (unpaired) electrons. The number of rotatable bonds is 4. The lowest BCUT2D eigenvalue weighted by molar-refractivity contribution is 0.100. The number of hydrogen-bond acceptors (Lipinski definition) is 5. The summed E-state index contributed by atoms with van der Waals surface area (Å²) in [5.41, 5.74) is 6.98. The molecule has 20 heavy (non-hydrogen) atoms. The maximum atomic E-state index is 11.3. The Morgan fingerprint density at radius 3 is 2.90 bits per heavy atom. The van der Waals surface area contributed by atoms with Crippen molar-refractivity contribution in [2.45, 2.75) is 6.54 Å². The minimum Gasteiger partial charge on any atom is -0.365 e. The third-order valence-corrected chi connectivity index (χ3v) is 2.87. The molecule has 3 aromatic rings. The molecule has 3 aromatic heterocycles. The van der Waals surface area contributed by atoms with Crippen molar-refractivity contribution < 1.29 is 4.79 Å². The molecule has 0 aliphatic rings. The summed E-state index contributed by atoms with van der Waals surface area (Å²) in [5.74, 6) is 0.187. The fourth-order valence-electron chi connectivity index (χ4n) is 1.92. The number of pyridine rings is 2. The molecule has 0 fully saturated rings. The van der Waals surface area contributed by atoms with Crippen LogP contribution in [0.15, 0.2) is 42.9 Å². The standard InChI is InChI=1S/C13H12N6O/c14-12(20)10-4-5-11(19-13(10)17-8-18-19)16-7-9-3-1-2-6-15-9/h1-6,8,16H,7H2,(H2,14,20). The van der Waals surface area contributed by atoms with E-state index < -0.39 is 5.91 Å². The molecular weight excluding hydrogens is 256 g/mol. The maximum Gasteiger partial charge on any atom is 0.252 e. The zero-order valence-electron chi connectivity index (χ0n) is 10.5. The van der Waals surface area contributed by atoms with E-state index >= 15 is 0 Å². The Balaban J connectivity index is 1.91. The molecule has 0 aromatic carbocycles. The van der Waals surface area contributed by atoms with Crippen LogP contribution >= 0.6 is 0 Å². The Morgan fingerprint density at radius 2 is 2.15 bits per heavy atom. The van der Waals surface area contributed by atoms with Crippen LogP contribution in [0.5, 0.6) is 0 Å². The topological polar surface area (TPSA) is 98.2 Å². The Bertz CT molecular complexity index is 752. The van der Waals surface area contributed by atoms with Gasteiger partial charge in [0.1, 0.15) is 12.1 Å². The van der Waals surface area contributed by atoms with Crippen molar-refractivity contribution in [3.05, 3.63) is 54.1 Å². The normalized spacial score (nSPS) is 10.6. The molecule has 0 unspecified atom stereocenters. The summed E-state index contributed by atoms with van der Waals surface area (Å²) in [5, 5.41) is 7.29. The Kier molecular flexibility index (Phi) is 3.00. The van der Waals surface area contributed by atoms with E-state index in [1.807, 2.05) is 18.2 Å². The first-order valence-electron chi connectivity index (χ1n) is 6.02. The molecule has 7 nitrogen and oxygen atoms in total. The van der Waals surface area contributed by atoms with Crippen molar-refractivity contribution in [2.75, 3.05) is 5.32 Å². The van der Waals surface area contributed by atoms with E-state index in [0.29, 0.717) is 23.6 Å². The van der Waals surface area contributed by atoms with Gasteiger partial charge in [0.15, 0.2) is 5.65 Å². The molecule has 1 amide bonds. The molecule has 0 atom stereocenters. The number of nitrogens with two attached hydrogens (primary N) is 1. The number of carbonyl (C=O) groups is 1. The highest BCUT2D eigenvalue weighted by Gasteiger charge is 2.11. The Morgan fingerprint density at radius 1 is 1.25 bits per heavy atom. The van der Waals surface area contributed by atoms with Crippen LogP contribution < -0.4 is 11.1 Å². The fraction of sp³-hybridized carbons (Fsp3) is 0.0769. The SMILES string of the molecule is NC(=O)c1ccc(NCc2ccccn2)n2ncnc12. The summed E-state index contributed by atoms with van der Waals surface area (Å²) in [4.78, 5) is 19.6. The monoisotopic (exact) mass is 268 g/mol. The predicted molar refractivity (Wildman–Crippen MR) is 73.1 cm³/mol. The predicted octanol–water partition coefficient (Wildman–Crippen LogP) is 0.835. The van der Waals surface area contributed by atoms with E-state index in [4.69, 9.17) is 5.73 Å². The smallest absolute Gasteiger partial charge is 0.252 e. The summed E-state index contributed by atoms with van der Waals surface area (Å²) in [6, 6.07) is 9.08. The Hall–Kier alpha value is -2.96. The summed E-state index contributed by atoms with van der Waals surface area (Å²) in [7, 11) is 0. The highest BCUT2D eigenvalue weighted by atomic mass is 16.1. The van der Waals surface area contributed by atoms with Crippen molar-refractivity contribution in [1.82, 2.24) is 19.6 Å². The molecule has 0 saturated heterocycles. The van der Waals surface area contributed by atoms with E-state index in [-0.39, 0.29) is 0 Å². The first-order chi connectivity index (χ1) is 9.75. The number of nitrogens with zero attached hydrogens (tertiary/aromatic N) is 4. The molecule has 7 heteroatoms. The molecule has 3 N–H and O–H groups in total. The minimum atomic E-state index is -0.528. The lowest BCUT2D eigenvalue weighted by Crippen LogP contribution is -2.14. The number of aromatic nitrogens is 4. The van der Waals surface area contributed by atoms with Crippen LogP contribution in [0.25, 0.3) is 5.65 Å². The third kappa shape index (κ3) is 2.16. The molecule has 0 aliphatic carbocycles. The van der Waals surface area contributed by atoms with E-state index in [2.05, 4.69) is 20.4 Å². The molecule has 3 heterocycles. The van der Waals surface area contributed by atoms with Crippen LogP contribution in [0.1, 0.15) is 16.1 Å². The average Bonchev–Trinajstić information content (AvgIpc) is 2.95. The van der Waals surface area contributed by atoms with Crippen LogP contribution in [0.2, 0.25) is 0 Å². The van der Waals surface area contributed by atoms with Gasteiger partial charge in [0.2, 0.25) is 0 Å². The number of amides is 1. The van der Waals surface area contributed by atoms with Gasteiger partial charge < -0.3 is 11.1 Å². The number of fused-ring (bicyclic) bond motifs is 1. The van der Waals surface area contributed by atoms with Crippen molar-refractivity contribution in [3.8, 4) is 0 Å². The Labute approximate surface area is 114 Å². The first kappa shape index (κ1) is 12.1. The summed E-state index contributed by atoms with van der Waals surface area (Å²) < 4.78 is 1.54. The number of hydrogen-bond donors (Lipinski definition) is 2. The van der Waals surface area contributed by atoms with E-state index in [9.17, 15) is 4.79 Å². The van der Waals surface area contributed by atoms with E-state index in [0.717, 1.165) is 5.69 Å². The molecule has 0 bridgehead atoms. The van der Waals surface area contributed by atoms with Gasteiger partial charge in [0, 0.05) is 6.20 Å². The van der Waals surface area contributed by atoms with Gasteiger partial charge in [0.25, 0.3) is 5.91 Å². The second-order valence-corrected chi connectivity index (χ2v) is 4.17. The number of nitrogens with one attached hydrogen (secondary N) is 1. The highest BCUT2D eigenvalue weighted by molar-refractivity contribution is 5.98. The summed E-state index contributed by atoms with van der Waals surface area (Å²) in [6.45, 7) is 0.547. The number of carbonyl (C=O) groups excluding carboxylic acids is 1. The maximum absolute atomic E-state index is 11.3. The summed E-state index contributed by atoms with van der Waals surface area (Å²) in [6.07, 6.45) is 3.12. The van der Waals surface area contributed by atoms with Gasteiger partial charge in [-0.25, -0.2) is 4.98 Å². The fourth-order valence-corrected chi connectivity index (χ4v) is 1.92. The quantitative estimate of drug-likeness (QED) is 0.730. The lowest BCUT2D eigenvalue weighted by Gasteiger charge is -2.08. The molecule has 3 rings (SSSR count). The zero-order chi connectivity index (χ0) is 13.9. The van der Waals surface area contributed by atoms with Crippen LogP contribution in [-0.2, 0) is 6.54 Å². The molecule has 0 spiro atoms. The zero-order valence-corrected chi connectivity index (χ0v) is 10.5. The van der Waals surface area contributed by atoms with Gasteiger partial charge in [0.05, 0.1) is 17.8 Å². The van der Waals surface area contributed by atoms with Crippen molar-refractivity contribution >= 4 is 17.4 Å². The molecular formula is C13H12N6O. The first-order valence-corrected chi connectivity index (χ1v) is 6.02. The van der Waals surface area contributed by atoms with Gasteiger partial charge in [-0.05, 0) is 24.3 Å². The van der Waals surface area contributed by atoms with Gasteiger partial charge >= 0.3 is 0 Å². The van der Waals surface area contributed by atoms with Gasteiger partial charge in [-0.2, -0.15) is 9.61 Å². The minimum absolute atomic E-state index is 0.339. The van der Waals surface area contributed by atoms with Gasteiger partial charge in [-0.15, -0.1) is 0 Å². The lowest BCUT2D eigenvalue weighted by atomic mass is 10.2. The summed E-state index contributed by atoms with van der Waals surface area (Å²) >= 11 is 0. The third-order valence-electron chi connectivity index (χ3n) is 2.87. The molecule has 0 saturated carbocycles. The van der Waals surface area contributed by atoms with Crippen LogP contribution in [-0.4, -0.2) is 25.5 Å². The van der Waals surface area contributed by atoms with Crippen LogP contribution in [0.3, 0.4) is 0 Å². The number of anilines is 1.